The average molecular weight is 451 g/mol. The average Bonchev–Trinajstić information content (AvgIpc) is 3.31. The van der Waals surface area contributed by atoms with Gasteiger partial charge >= 0.3 is 0 Å². The highest BCUT2D eigenvalue weighted by molar-refractivity contribution is 6.30. The molecule has 6 nitrogen and oxygen atoms in total. The molecule has 0 unspecified atom stereocenters. The number of para-hydroxylation sites is 2. The standard InChI is InChI=1S/C25H27ClN4O2/c1-4-32-15-7-14-30-17(3)16(2)22(23-27-20-8-5-6-9-21(20)28-23)24(30)29-25(31)18-10-12-19(26)13-11-18/h5-6,8-13H,4,7,14-15H2,1-3H3,(H,27,28)(H,29,31). The molecule has 2 heterocycles. The molecule has 4 rings (SSSR count). The number of hydrogen-bond acceptors (Lipinski definition) is 3. The Morgan fingerprint density at radius 2 is 1.91 bits per heavy atom. The zero-order valence-corrected chi connectivity index (χ0v) is 19.3. The third kappa shape index (κ3) is 4.42. The van der Waals surface area contributed by atoms with Crippen molar-refractivity contribution in [2.45, 2.75) is 33.7 Å². The number of ether oxygens (including phenoxy) is 1. The lowest BCUT2D eigenvalue weighted by Gasteiger charge is -2.14. The first kappa shape index (κ1) is 22.1. The van der Waals surface area contributed by atoms with Crippen LogP contribution in [0.4, 0.5) is 5.82 Å². The van der Waals surface area contributed by atoms with Crippen molar-refractivity contribution in [3.63, 3.8) is 0 Å². The Bertz CT molecular complexity index is 1210. The van der Waals surface area contributed by atoms with Crippen molar-refractivity contribution in [1.82, 2.24) is 14.5 Å². The number of aromatic amines is 1. The number of anilines is 1. The monoisotopic (exact) mass is 450 g/mol. The van der Waals surface area contributed by atoms with E-state index >= 15 is 0 Å². The summed E-state index contributed by atoms with van der Waals surface area (Å²) in [5.74, 6) is 1.28. The van der Waals surface area contributed by atoms with E-state index in [1.807, 2.05) is 31.2 Å². The van der Waals surface area contributed by atoms with Gasteiger partial charge in [0.25, 0.3) is 5.91 Å². The second kappa shape index (κ2) is 9.59. The molecule has 1 amide bonds. The summed E-state index contributed by atoms with van der Waals surface area (Å²) in [4.78, 5) is 21.3. The summed E-state index contributed by atoms with van der Waals surface area (Å²) >= 11 is 5.99. The number of aromatic nitrogens is 3. The second-order valence-electron chi connectivity index (χ2n) is 7.70. The van der Waals surface area contributed by atoms with Crippen LogP contribution in [0.15, 0.2) is 48.5 Å². The van der Waals surface area contributed by atoms with Crippen LogP contribution < -0.4 is 5.32 Å². The number of rotatable bonds is 8. The Balaban J connectivity index is 1.77. The molecule has 0 saturated carbocycles. The summed E-state index contributed by atoms with van der Waals surface area (Å²) < 4.78 is 7.67. The molecule has 0 atom stereocenters. The highest BCUT2D eigenvalue weighted by Crippen LogP contribution is 2.36. The number of fused-ring (bicyclic) bond motifs is 1. The van der Waals surface area contributed by atoms with Crippen molar-refractivity contribution < 1.29 is 9.53 Å². The molecule has 0 radical (unpaired) electrons. The number of halogens is 1. The van der Waals surface area contributed by atoms with Gasteiger partial charge in [0, 0.05) is 36.0 Å². The molecule has 166 valence electrons. The minimum Gasteiger partial charge on any atom is -0.382 e. The molecule has 0 fully saturated rings. The van der Waals surface area contributed by atoms with Gasteiger partial charge in [0.15, 0.2) is 0 Å². The molecule has 2 N–H and O–H groups in total. The molecule has 0 aliphatic rings. The Hall–Kier alpha value is -3.09. The van der Waals surface area contributed by atoms with Crippen molar-refractivity contribution in [3.8, 4) is 11.4 Å². The van der Waals surface area contributed by atoms with E-state index < -0.39 is 0 Å². The van der Waals surface area contributed by atoms with Crippen molar-refractivity contribution in [2.75, 3.05) is 18.5 Å². The molecular weight excluding hydrogens is 424 g/mol. The second-order valence-corrected chi connectivity index (χ2v) is 8.14. The Morgan fingerprint density at radius 1 is 1.16 bits per heavy atom. The highest BCUT2D eigenvalue weighted by Gasteiger charge is 2.23. The number of amides is 1. The van der Waals surface area contributed by atoms with Crippen LogP contribution in [0.5, 0.6) is 0 Å². The molecule has 2 aromatic carbocycles. The Labute approximate surface area is 192 Å². The molecule has 0 saturated heterocycles. The molecule has 0 spiro atoms. The van der Waals surface area contributed by atoms with Gasteiger partial charge in [-0.2, -0.15) is 0 Å². The van der Waals surface area contributed by atoms with E-state index in [-0.39, 0.29) is 5.91 Å². The van der Waals surface area contributed by atoms with Gasteiger partial charge in [0.2, 0.25) is 0 Å². The number of benzene rings is 2. The van der Waals surface area contributed by atoms with Crippen LogP contribution in [0.25, 0.3) is 22.4 Å². The topological polar surface area (TPSA) is 71.9 Å². The third-order valence-electron chi connectivity index (χ3n) is 5.67. The van der Waals surface area contributed by atoms with Gasteiger partial charge in [-0.05, 0) is 69.2 Å². The van der Waals surface area contributed by atoms with E-state index in [0.29, 0.717) is 23.8 Å². The van der Waals surface area contributed by atoms with Crippen LogP contribution in [-0.2, 0) is 11.3 Å². The SMILES string of the molecule is CCOCCCn1c(C)c(C)c(-c2nc3ccccc3[nH]2)c1NC(=O)c1ccc(Cl)cc1. The first-order valence-corrected chi connectivity index (χ1v) is 11.2. The quantitative estimate of drug-likeness (QED) is 0.324. The summed E-state index contributed by atoms with van der Waals surface area (Å²) in [7, 11) is 0. The van der Waals surface area contributed by atoms with Crippen molar-refractivity contribution >= 4 is 34.4 Å². The van der Waals surface area contributed by atoms with Crippen LogP contribution >= 0.6 is 11.6 Å². The lowest BCUT2D eigenvalue weighted by Crippen LogP contribution is -2.17. The van der Waals surface area contributed by atoms with Gasteiger partial charge in [0.05, 0.1) is 16.6 Å². The van der Waals surface area contributed by atoms with Crippen LogP contribution in [0.3, 0.4) is 0 Å². The fraction of sp³-hybridized carbons (Fsp3) is 0.280. The summed E-state index contributed by atoms with van der Waals surface area (Å²) in [6.07, 6.45) is 0.839. The molecule has 7 heteroatoms. The number of carbonyl (C=O) groups is 1. The molecular formula is C25H27ClN4O2. The Kier molecular flexibility index (Phi) is 6.63. The number of imidazole rings is 1. The maximum Gasteiger partial charge on any atom is 0.256 e. The minimum absolute atomic E-state index is 0.192. The van der Waals surface area contributed by atoms with E-state index in [1.54, 1.807) is 24.3 Å². The van der Waals surface area contributed by atoms with Crippen LogP contribution in [0.1, 0.15) is 35.0 Å². The first-order chi connectivity index (χ1) is 15.5. The van der Waals surface area contributed by atoms with Gasteiger partial charge in [-0.1, -0.05) is 23.7 Å². The van der Waals surface area contributed by atoms with Gasteiger partial charge in [-0.25, -0.2) is 4.98 Å². The fourth-order valence-electron chi connectivity index (χ4n) is 3.88. The number of H-pyrrole nitrogens is 1. The lowest BCUT2D eigenvalue weighted by molar-refractivity contribution is 0.102. The van der Waals surface area contributed by atoms with Crippen LogP contribution in [-0.4, -0.2) is 33.7 Å². The largest absolute Gasteiger partial charge is 0.382 e. The smallest absolute Gasteiger partial charge is 0.256 e. The lowest BCUT2D eigenvalue weighted by atomic mass is 10.1. The number of hydrogen-bond donors (Lipinski definition) is 2. The fourth-order valence-corrected chi connectivity index (χ4v) is 4.01. The normalized spacial score (nSPS) is 11.2. The van der Waals surface area contributed by atoms with E-state index in [0.717, 1.165) is 52.5 Å². The molecule has 0 aliphatic heterocycles. The van der Waals surface area contributed by atoms with E-state index in [1.165, 1.54) is 0 Å². The molecule has 4 aromatic rings. The van der Waals surface area contributed by atoms with E-state index in [9.17, 15) is 4.79 Å². The van der Waals surface area contributed by atoms with Gasteiger partial charge in [-0.15, -0.1) is 0 Å². The maximum absolute atomic E-state index is 13.1. The summed E-state index contributed by atoms with van der Waals surface area (Å²) in [6.45, 7) is 8.20. The van der Waals surface area contributed by atoms with E-state index in [2.05, 4.69) is 28.7 Å². The van der Waals surface area contributed by atoms with Crippen LogP contribution in [0.2, 0.25) is 5.02 Å². The third-order valence-corrected chi connectivity index (χ3v) is 5.92. The Morgan fingerprint density at radius 3 is 2.62 bits per heavy atom. The molecule has 0 bridgehead atoms. The van der Waals surface area contributed by atoms with Crippen molar-refractivity contribution in [1.29, 1.82) is 0 Å². The number of nitrogens with one attached hydrogen (secondary N) is 2. The zero-order valence-electron chi connectivity index (χ0n) is 18.5. The van der Waals surface area contributed by atoms with E-state index in [4.69, 9.17) is 21.3 Å². The summed E-state index contributed by atoms with van der Waals surface area (Å²) in [6, 6.07) is 14.8. The predicted molar refractivity (Wildman–Crippen MR) is 130 cm³/mol. The highest BCUT2D eigenvalue weighted by atomic mass is 35.5. The molecule has 2 aromatic heterocycles. The number of nitrogens with zero attached hydrogens (tertiary/aromatic N) is 2. The zero-order chi connectivity index (χ0) is 22.7. The maximum atomic E-state index is 13.1. The molecule has 32 heavy (non-hydrogen) atoms. The first-order valence-electron chi connectivity index (χ1n) is 10.8. The van der Waals surface area contributed by atoms with Gasteiger partial charge in [-0.3, -0.25) is 4.79 Å². The predicted octanol–water partition coefficient (Wildman–Crippen LogP) is 5.98. The molecule has 0 aliphatic carbocycles. The van der Waals surface area contributed by atoms with Gasteiger partial charge in [0.1, 0.15) is 11.6 Å². The van der Waals surface area contributed by atoms with Crippen LogP contribution in [0, 0.1) is 13.8 Å². The summed E-state index contributed by atoms with van der Waals surface area (Å²) in [5.41, 5.74) is 5.45. The van der Waals surface area contributed by atoms with Crippen molar-refractivity contribution in [3.05, 3.63) is 70.4 Å². The van der Waals surface area contributed by atoms with Crippen molar-refractivity contribution in [2.24, 2.45) is 0 Å². The van der Waals surface area contributed by atoms with Gasteiger partial charge < -0.3 is 19.6 Å². The minimum atomic E-state index is -0.192. The summed E-state index contributed by atoms with van der Waals surface area (Å²) in [5, 5.41) is 3.73. The number of carbonyl (C=O) groups excluding carboxylic acids is 1.